The second kappa shape index (κ2) is 6.66. The first-order valence-corrected chi connectivity index (χ1v) is 4.38. The van der Waals surface area contributed by atoms with Gasteiger partial charge in [-0.25, -0.2) is 0 Å². The van der Waals surface area contributed by atoms with E-state index in [2.05, 4.69) is 5.32 Å². The minimum Gasteiger partial charge on any atom is -0.504 e. The Morgan fingerprint density at radius 3 is 2.47 bits per heavy atom. The molecule has 0 aliphatic carbocycles. The maximum atomic E-state index is 9.29. The number of nitrogens with one attached hydrogen (secondary N) is 1. The Morgan fingerprint density at radius 1 is 1.33 bits per heavy atom. The zero-order valence-electron chi connectivity index (χ0n) is 8.73. The fourth-order valence-corrected chi connectivity index (χ4v) is 1.26. The Balaban J connectivity index is 0.00000196. The number of rotatable bonds is 4. The van der Waals surface area contributed by atoms with Gasteiger partial charge in [0.15, 0.2) is 11.5 Å². The van der Waals surface area contributed by atoms with E-state index in [9.17, 15) is 5.11 Å². The largest absolute Gasteiger partial charge is 0.504 e. The quantitative estimate of drug-likeness (QED) is 0.732. The van der Waals surface area contributed by atoms with Crippen LogP contribution in [0.2, 0.25) is 0 Å². The fraction of sp³-hybridized carbons (Fsp3) is 0.400. The number of phenolic OH excluding ortho intramolecular Hbond substituents is 2. The lowest BCUT2D eigenvalue weighted by atomic mass is 10.1. The standard InChI is InChI=1S/C10H15NO3.BrH/c1-11-6-10(14-2)7-3-4-8(12)9(13)5-7;/h3-5,10-13H,6H2,1-2H3;1H. The van der Waals surface area contributed by atoms with E-state index in [1.807, 2.05) is 7.05 Å². The van der Waals surface area contributed by atoms with Crippen LogP contribution in [0, 0.1) is 0 Å². The van der Waals surface area contributed by atoms with Crippen molar-refractivity contribution in [1.82, 2.24) is 5.32 Å². The Kier molecular flexibility index (Phi) is 6.31. The van der Waals surface area contributed by atoms with Crippen LogP contribution < -0.4 is 5.32 Å². The van der Waals surface area contributed by atoms with Crippen LogP contribution >= 0.6 is 17.0 Å². The van der Waals surface area contributed by atoms with Crippen LogP contribution in [0.1, 0.15) is 11.7 Å². The van der Waals surface area contributed by atoms with Gasteiger partial charge in [0.05, 0.1) is 6.10 Å². The minimum atomic E-state index is -0.124. The van der Waals surface area contributed by atoms with Crippen molar-refractivity contribution in [2.75, 3.05) is 20.7 Å². The van der Waals surface area contributed by atoms with E-state index in [-0.39, 0.29) is 34.6 Å². The predicted octanol–water partition coefficient (Wildman–Crippen LogP) is 1.58. The molecule has 0 saturated carbocycles. The molecule has 1 unspecified atom stereocenters. The molecule has 0 bridgehead atoms. The average molecular weight is 278 g/mol. The summed E-state index contributed by atoms with van der Waals surface area (Å²) in [5.74, 6) is -0.242. The molecule has 1 atom stereocenters. The number of aromatic hydroxyl groups is 2. The number of benzene rings is 1. The third kappa shape index (κ3) is 3.70. The second-order valence-electron chi connectivity index (χ2n) is 3.03. The smallest absolute Gasteiger partial charge is 0.157 e. The molecular weight excluding hydrogens is 262 g/mol. The molecule has 0 aromatic heterocycles. The monoisotopic (exact) mass is 277 g/mol. The summed E-state index contributed by atoms with van der Waals surface area (Å²) in [5.41, 5.74) is 0.831. The van der Waals surface area contributed by atoms with Crippen molar-refractivity contribution in [2.24, 2.45) is 0 Å². The summed E-state index contributed by atoms with van der Waals surface area (Å²) in [4.78, 5) is 0. The van der Waals surface area contributed by atoms with Gasteiger partial charge >= 0.3 is 0 Å². The molecule has 86 valence electrons. The summed E-state index contributed by atoms with van der Waals surface area (Å²) < 4.78 is 5.22. The SMILES string of the molecule is Br.CNCC(OC)c1ccc(O)c(O)c1. The van der Waals surface area contributed by atoms with E-state index in [0.717, 1.165) is 5.56 Å². The topological polar surface area (TPSA) is 61.7 Å². The first-order chi connectivity index (χ1) is 6.69. The van der Waals surface area contributed by atoms with Crippen LogP contribution in [0.5, 0.6) is 11.5 Å². The van der Waals surface area contributed by atoms with Crippen molar-refractivity contribution in [2.45, 2.75) is 6.10 Å². The zero-order valence-corrected chi connectivity index (χ0v) is 10.4. The average Bonchev–Trinajstić information content (AvgIpc) is 2.19. The summed E-state index contributed by atoms with van der Waals surface area (Å²) >= 11 is 0. The van der Waals surface area contributed by atoms with Gasteiger partial charge < -0.3 is 20.3 Å². The summed E-state index contributed by atoms with van der Waals surface area (Å²) in [6.07, 6.45) is -0.119. The van der Waals surface area contributed by atoms with Crippen LogP contribution in [-0.2, 0) is 4.74 Å². The van der Waals surface area contributed by atoms with Crippen molar-refractivity contribution in [3.05, 3.63) is 23.8 Å². The summed E-state index contributed by atoms with van der Waals surface area (Å²) in [5, 5.41) is 21.4. The molecule has 3 N–H and O–H groups in total. The molecule has 1 aromatic carbocycles. The van der Waals surface area contributed by atoms with Crippen LogP contribution in [0.4, 0.5) is 0 Å². The van der Waals surface area contributed by atoms with Crippen molar-refractivity contribution in [3.8, 4) is 11.5 Å². The van der Waals surface area contributed by atoms with Crippen molar-refractivity contribution >= 4 is 17.0 Å². The molecule has 0 radical (unpaired) electrons. The number of hydrogen-bond acceptors (Lipinski definition) is 4. The van der Waals surface area contributed by atoms with E-state index in [0.29, 0.717) is 6.54 Å². The van der Waals surface area contributed by atoms with Crippen LogP contribution in [-0.4, -0.2) is 30.9 Å². The fourth-order valence-electron chi connectivity index (χ4n) is 1.26. The third-order valence-electron chi connectivity index (χ3n) is 2.05. The highest BCUT2D eigenvalue weighted by Gasteiger charge is 2.11. The molecule has 0 aliphatic heterocycles. The number of methoxy groups -OCH3 is 1. The van der Waals surface area contributed by atoms with E-state index in [1.165, 1.54) is 12.1 Å². The Bertz CT molecular complexity index is 307. The van der Waals surface area contributed by atoms with E-state index < -0.39 is 0 Å². The first kappa shape index (κ1) is 14.2. The van der Waals surface area contributed by atoms with Crippen molar-refractivity contribution in [3.63, 3.8) is 0 Å². The molecule has 0 fully saturated rings. The first-order valence-electron chi connectivity index (χ1n) is 4.38. The van der Waals surface area contributed by atoms with E-state index in [1.54, 1.807) is 13.2 Å². The summed E-state index contributed by atoms with van der Waals surface area (Å²) in [7, 11) is 3.43. The number of halogens is 1. The van der Waals surface area contributed by atoms with Gasteiger partial charge in [-0.15, -0.1) is 17.0 Å². The Morgan fingerprint density at radius 2 is 2.00 bits per heavy atom. The normalized spacial score (nSPS) is 11.9. The maximum absolute atomic E-state index is 9.29. The highest BCUT2D eigenvalue weighted by molar-refractivity contribution is 8.93. The maximum Gasteiger partial charge on any atom is 0.157 e. The van der Waals surface area contributed by atoms with Gasteiger partial charge in [0, 0.05) is 13.7 Å². The van der Waals surface area contributed by atoms with Gasteiger partial charge in [-0.2, -0.15) is 0 Å². The van der Waals surface area contributed by atoms with Crippen molar-refractivity contribution < 1.29 is 14.9 Å². The number of likely N-dealkylation sites (N-methyl/N-ethyl adjacent to an activating group) is 1. The molecule has 0 heterocycles. The predicted molar refractivity (Wildman–Crippen MR) is 63.8 cm³/mol. The van der Waals surface area contributed by atoms with Gasteiger partial charge in [0.25, 0.3) is 0 Å². The molecule has 1 rings (SSSR count). The lowest BCUT2D eigenvalue weighted by Crippen LogP contribution is -2.18. The van der Waals surface area contributed by atoms with E-state index >= 15 is 0 Å². The van der Waals surface area contributed by atoms with Gasteiger partial charge in [0.1, 0.15) is 0 Å². The molecule has 0 saturated heterocycles. The summed E-state index contributed by atoms with van der Waals surface area (Å²) in [6.45, 7) is 0.653. The Labute approximate surface area is 99.7 Å². The highest BCUT2D eigenvalue weighted by Crippen LogP contribution is 2.28. The van der Waals surface area contributed by atoms with Gasteiger partial charge in [-0.1, -0.05) is 6.07 Å². The van der Waals surface area contributed by atoms with Crippen LogP contribution in [0.3, 0.4) is 0 Å². The third-order valence-corrected chi connectivity index (χ3v) is 2.05. The van der Waals surface area contributed by atoms with E-state index in [4.69, 9.17) is 9.84 Å². The molecule has 15 heavy (non-hydrogen) atoms. The molecule has 0 amide bonds. The Hall–Kier alpha value is -0.780. The zero-order chi connectivity index (χ0) is 10.6. The number of phenols is 2. The highest BCUT2D eigenvalue weighted by atomic mass is 79.9. The lowest BCUT2D eigenvalue weighted by Gasteiger charge is -2.15. The summed E-state index contributed by atoms with van der Waals surface area (Å²) in [6, 6.07) is 4.67. The lowest BCUT2D eigenvalue weighted by molar-refractivity contribution is 0.104. The van der Waals surface area contributed by atoms with Crippen LogP contribution in [0.15, 0.2) is 18.2 Å². The molecule has 1 aromatic rings. The molecule has 0 aliphatic rings. The molecule has 0 spiro atoms. The molecule has 5 heteroatoms. The van der Waals surface area contributed by atoms with Gasteiger partial charge in [-0.3, -0.25) is 0 Å². The minimum absolute atomic E-state index is 0. The van der Waals surface area contributed by atoms with Crippen molar-refractivity contribution in [1.29, 1.82) is 0 Å². The number of ether oxygens (including phenoxy) is 1. The van der Waals surface area contributed by atoms with Gasteiger partial charge in [0.2, 0.25) is 0 Å². The second-order valence-corrected chi connectivity index (χ2v) is 3.03. The molecular formula is C10H16BrNO3. The van der Waals surface area contributed by atoms with Gasteiger partial charge in [-0.05, 0) is 24.7 Å². The number of hydrogen-bond donors (Lipinski definition) is 3. The molecule has 4 nitrogen and oxygen atoms in total. The van der Waals surface area contributed by atoms with Crippen LogP contribution in [0.25, 0.3) is 0 Å².